The lowest BCUT2D eigenvalue weighted by Crippen LogP contribution is -2.00. The Bertz CT molecular complexity index is 337. The van der Waals surface area contributed by atoms with Gasteiger partial charge in [0, 0.05) is 5.75 Å². The van der Waals surface area contributed by atoms with Crippen molar-refractivity contribution in [1.29, 1.82) is 0 Å². The molecule has 0 fully saturated rings. The van der Waals surface area contributed by atoms with Crippen molar-refractivity contribution in [2.45, 2.75) is 12.2 Å². The van der Waals surface area contributed by atoms with E-state index in [1.807, 2.05) is 6.07 Å². The van der Waals surface area contributed by atoms with Crippen LogP contribution in [-0.2, 0) is 12.2 Å². The lowest BCUT2D eigenvalue weighted by molar-refractivity contribution is 0.0696. The Hall–Kier alpha value is -0.610. The van der Waals surface area contributed by atoms with Crippen LogP contribution in [0.1, 0.15) is 21.5 Å². The molecule has 0 amide bonds. The SMILES string of the molecule is O=C(O)c1cc(CS)cc(CCS)c1. The van der Waals surface area contributed by atoms with E-state index < -0.39 is 5.97 Å². The molecule has 0 aliphatic heterocycles. The zero-order valence-electron chi connectivity index (χ0n) is 7.60. The first-order valence-corrected chi connectivity index (χ1v) is 5.51. The van der Waals surface area contributed by atoms with Crippen LogP contribution in [0.3, 0.4) is 0 Å². The topological polar surface area (TPSA) is 37.3 Å². The molecule has 0 spiro atoms. The summed E-state index contributed by atoms with van der Waals surface area (Å²) in [5.74, 6) is 0.379. The molecule has 76 valence electrons. The number of carboxylic acids is 1. The number of carboxylic acid groups (broad SMARTS) is 1. The molecule has 0 heterocycles. The highest BCUT2D eigenvalue weighted by Crippen LogP contribution is 2.13. The Balaban J connectivity index is 3.06. The highest BCUT2D eigenvalue weighted by Gasteiger charge is 2.05. The van der Waals surface area contributed by atoms with Crippen LogP contribution >= 0.6 is 25.3 Å². The number of hydrogen-bond acceptors (Lipinski definition) is 3. The Labute approximate surface area is 94.2 Å². The van der Waals surface area contributed by atoms with Crippen molar-refractivity contribution in [3.63, 3.8) is 0 Å². The minimum absolute atomic E-state index is 0.327. The fraction of sp³-hybridized carbons (Fsp3) is 0.300. The molecule has 2 nitrogen and oxygen atoms in total. The Morgan fingerprint density at radius 3 is 2.36 bits per heavy atom. The monoisotopic (exact) mass is 228 g/mol. The average Bonchev–Trinajstić information content (AvgIpc) is 2.17. The van der Waals surface area contributed by atoms with Crippen molar-refractivity contribution in [3.05, 3.63) is 34.9 Å². The minimum Gasteiger partial charge on any atom is -0.478 e. The molecule has 14 heavy (non-hydrogen) atoms. The van der Waals surface area contributed by atoms with E-state index in [-0.39, 0.29) is 0 Å². The fourth-order valence-corrected chi connectivity index (χ4v) is 1.69. The summed E-state index contributed by atoms with van der Waals surface area (Å²) in [6.07, 6.45) is 0.783. The van der Waals surface area contributed by atoms with Crippen molar-refractivity contribution in [3.8, 4) is 0 Å². The molecule has 0 aromatic heterocycles. The van der Waals surface area contributed by atoms with Crippen molar-refractivity contribution in [2.75, 3.05) is 5.75 Å². The van der Waals surface area contributed by atoms with Gasteiger partial charge >= 0.3 is 5.97 Å². The fourth-order valence-electron chi connectivity index (χ4n) is 1.25. The molecular formula is C10H12O2S2. The summed E-state index contributed by atoms with van der Waals surface area (Å²) < 4.78 is 0. The smallest absolute Gasteiger partial charge is 0.335 e. The summed E-state index contributed by atoms with van der Waals surface area (Å²) in [6, 6.07) is 5.30. The predicted octanol–water partition coefficient (Wildman–Crippen LogP) is 2.29. The summed E-state index contributed by atoms with van der Waals surface area (Å²) >= 11 is 8.24. The van der Waals surface area contributed by atoms with Crippen LogP contribution in [0.25, 0.3) is 0 Å². The second-order valence-corrected chi connectivity index (χ2v) is 3.74. The van der Waals surface area contributed by atoms with Gasteiger partial charge in [-0.15, -0.1) is 0 Å². The first-order chi connectivity index (χ1) is 6.67. The van der Waals surface area contributed by atoms with Crippen LogP contribution in [0.5, 0.6) is 0 Å². The number of benzene rings is 1. The number of carbonyl (C=O) groups is 1. The van der Waals surface area contributed by atoms with Crippen LogP contribution in [0.4, 0.5) is 0 Å². The van der Waals surface area contributed by atoms with Crippen LogP contribution in [0.15, 0.2) is 18.2 Å². The van der Waals surface area contributed by atoms with Gasteiger partial charge < -0.3 is 5.11 Å². The molecule has 0 unspecified atom stereocenters. The van der Waals surface area contributed by atoms with Gasteiger partial charge in [-0.05, 0) is 35.4 Å². The van der Waals surface area contributed by atoms with E-state index in [1.165, 1.54) is 0 Å². The molecule has 1 aromatic rings. The zero-order valence-corrected chi connectivity index (χ0v) is 9.39. The number of thiol groups is 2. The third-order valence-corrected chi connectivity index (χ3v) is 2.47. The summed E-state index contributed by atoms with van der Waals surface area (Å²) in [5.41, 5.74) is 2.27. The van der Waals surface area contributed by atoms with Crippen LogP contribution in [0.2, 0.25) is 0 Å². The van der Waals surface area contributed by atoms with Gasteiger partial charge in [0.1, 0.15) is 0 Å². The highest BCUT2D eigenvalue weighted by molar-refractivity contribution is 7.80. The lowest BCUT2D eigenvalue weighted by Gasteiger charge is -2.04. The molecule has 0 radical (unpaired) electrons. The van der Waals surface area contributed by atoms with Gasteiger partial charge in [0.2, 0.25) is 0 Å². The summed E-state index contributed by atoms with van der Waals surface area (Å²) in [5, 5.41) is 8.85. The van der Waals surface area contributed by atoms with Gasteiger partial charge in [-0.25, -0.2) is 4.79 Å². The molecule has 0 saturated carbocycles. The van der Waals surface area contributed by atoms with E-state index in [9.17, 15) is 4.79 Å². The number of hydrogen-bond donors (Lipinski definition) is 3. The average molecular weight is 228 g/mol. The van der Waals surface area contributed by atoms with Crippen LogP contribution in [0, 0.1) is 0 Å². The van der Waals surface area contributed by atoms with E-state index in [2.05, 4.69) is 25.3 Å². The minimum atomic E-state index is -0.894. The molecule has 0 bridgehead atoms. The Morgan fingerprint density at radius 1 is 1.21 bits per heavy atom. The summed E-state index contributed by atoms with van der Waals surface area (Å²) in [4.78, 5) is 10.8. The van der Waals surface area contributed by atoms with Crippen LogP contribution in [-0.4, -0.2) is 16.8 Å². The Kier molecular flexibility index (Phi) is 4.35. The van der Waals surface area contributed by atoms with E-state index in [1.54, 1.807) is 12.1 Å². The van der Waals surface area contributed by atoms with Gasteiger partial charge in [-0.2, -0.15) is 25.3 Å². The maximum Gasteiger partial charge on any atom is 0.335 e. The highest BCUT2D eigenvalue weighted by atomic mass is 32.1. The Morgan fingerprint density at radius 2 is 1.86 bits per heavy atom. The predicted molar refractivity (Wildman–Crippen MR) is 63.6 cm³/mol. The number of aromatic carboxylic acids is 1. The maximum atomic E-state index is 10.8. The first kappa shape index (κ1) is 11.5. The van der Waals surface area contributed by atoms with Gasteiger partial charge in [0.15, 0.2) is 0 Å². The van der Waals surface area contributed by atoms with Crippen molar-refractivity contribution in [2.24, 2.45) is 0 Å². The molecule has 1 aromatic carbocycles. The van der Waals surface area contributed by atoms with Crippen molar-refractivity contribution < 1.29 is 9.90 Å². The van der Waals surface area contributed by atoms with Crippen molar-refractivity contribution in [1.82, 2.24) is 0 Å². The first-order valence-electron chi connectivity index (χ1n) is 4.25. The number of rotatable bonds is 4. The molecule has 0 atom stereocenters. The van der Waals surface area contributed by atoms with Gasteiger partial charge in [-0.3, -0.25) is 0 Å². The molecule has 1 N–H and O–H groups in total. The molecule has 0 saturated heterocycles. The largest absolute Gasteiger partial charge is 0.478 e. The second kappa shape index (κ2) is 5.32. The molecule has 4 heteroatoms. The quantitative estimate of drug-likeness (QED) is 0.692. The molecule has 0 aliphatic rings. The second-order valence-electron chi connectivity index (χ2n) is 2.98. The lowest BCUT2D eigenvalue weighted by atomic mass is 10.0. The van der Waals surface area contributed by atoms with Crippen molar-refractivity contribution >= 4 is 31.2 Å². The normalized spacial score (nSPS) is 10.1. The zero-order chi connectivity index (χ0) is 10.6. The summed E-state index contributed by atoms with van der Waals surface area (Å²) in [6.45, 7) is 0. The summed E-state index contributed by atoms with van der Waals surface area (Å²) in [7, 11) is 0. The van der Waals surface area contributed by atoms with Gasteiger partial charge in [0.05, 0.1) is 5.56 Å². The molecule has 1 rings (SSSR count). The standard InChI is InChI=1S/C10H12O2S2/c11-10(12)9-4-7(1-2-13)3-8(5-9)6-14/h3-5,13-14H,1-2,6H2,(H,11,12). The van der Waals surface area contributed by atoms with E-state index in [4.69, 9.17) is 5.11 Å². The van der Waals surface area contributed by atoms with E-state index in [0.29, 0.717) is 11.3 Å². The number of aryl methyl sites for hydroxylation is 1. The van der Waals surface area contributed by atoms with Crippen LogP contribution < -0.4 is 0 Å². The maximum absolute atomic E-state index is 10.8. The molecular weight excluding hydrogens is 216 g/mol. The third kappa shape index (κ3) is 2.96. The third-order valence-electron chi connectivity index (χ3n) is 1.88. The molecule has 0 aliphatic carbocycles. The van der Waals surface area contributed by atoms with Gasteiger partial charge in [0.25, 0.3) is 0 Å². The van der Waals surface area contributed by atoms with Gasteiger partial charge in [-0.1, -0.05) is 6.07 Å². The van der Waals surface area contributed by atoms with E-state index in [0.717, 1.165) is 23.3 Å². The van der Waals surface area contributed by atoms with E-state index >= 15 is 0 Å².